The zero-order valence-corrected chi connectivity index (χ0v) is 19.3. The van der Waals surface area contributed by atoms with Crippen LogP contribution in [0.1, 0.15) is 23.6 Å². The average molecular weight is 453 g/mol. The molecule has 1 fully saturated rings. The van der Waals surface area contributed by atoms with Gasteiger partial charge in [0.25, 0.3) is 0 Å². The molecule has 2 aromatic rings. The Kier molecular flexibility index (Phi) is 7.47. The summed E-state index contributed by atoms with van der Waals surface area (Å²) in [6.07, 6.45) is 2.19. The molecular formula is C25H32N4O4. The number of nitrogens with one attached hydrogen (secondary N) is 2. The number of benzene rings is 2. The topological polar surface area (TPSA) is 83.1 Å². The van der Waals surface area contributed by atoms with Crippen molar-refractivity contribution in [3.05, 3.63) is 53.6 Å². The highest BCUT2D eigenvalue weighted by Crippen LogP contribution is 2.31. The molecule has 176 valence electrons. The Morgan fingerprint density at radius 3 is 2.70 bits per heavy atom. The van der Waals surface area contributed by atoms with Gasteiger partial charge in [0.05, 0.1) is 26.4 Å². The molecule has 0 bridgehead atoms. The lowest BCUT2D eigenvalue weighted by atomic mass is 9.95. The summed E-state index contributed by atoms with van der Waals surface area (Å²) >= 11 is 0. The van der Waals surface area contributed by atoms with E-state index < -0.39 is 11.8 Å². The van der Waals surface area contributed by atoms with Crippen LogP contribution in [0.3, 0.4) is 0 Å². The van der Waals surface area contributed by atoms with Crippen LogP contribution in [0.5, 0.6) is 5.75 Å². The predicted molar refractivity (Wildman–Crippen MR) is 128 cm³/mol. The van der Waals surface area contributed by atoms with E-state index in [0.29, 0.717) is 31.2 Å². The monoisotopic (exact) mass is 452 g/mol. The van der Waals surface area contributed by atoms with Crippen molar-refractivity contribution < 1.29 is 19.1 Å². The molecule has 0 saturated carbocycles. The van der Waals surface area contributed by atoms with Gasteiger partial charge in [-0.25, -0.2) is 0 Å². The van der Waals surface area contributed by atoms with Crippen LogP contribution < -0.4 is 20.3 Å². The summed E-state index contributed by atoms with van der Waals surface area (Å²) in [5, 5.41) is 5.48. The number of amides is 2. The van der Waals surface area contributed by atoms with Crippen molar-refractivity contribution in [3.8, 4) is 5.75 Å². The third-order valence-electron chi connectivity index (χ3n) is 6.32. The molecule has 8 nitrogen and oxygen atoms in total. The average Bonchev–Trinajstić information content (AvgIpc) is 2.85. The third kappa shape index (κ3) is 5.64. The molecule has 2 aliphatic rings. The second-order valence-corrected chi connectivity index (χ2v) is 8.47. The van der Waals surface area contributed by atoms with Crippen molar-refractivity contribution in [2.75, 3.05) is 63.8 Å². The largest absolute Gasteiger partial charge is 0.497 e. The van der Waals surface area contributed by atoms with Crippen molar-refractivity contribution in [3.63, 3.8) is 0 Å². The lowest BCUT2D eigenvalue weighted by Gasteiger charge is -2.36. The first kappa shape index (κ1) is 23.1. The van der Waals surface area contributed by atoms with Crippen molar-refractivity contribution in [1.82, 2.24) is 10.2 Å². The van der Waals surface area contributed by atoms with Gasteiger partial charge in [0, 0.05) is 50.7 Å². The fourth-order valence-electron chi connectivity index (χ4n) is 4.52. The first-order valence-corrected chi connectivity index (χ1v) is 11.4. The number of fused-ring (bicyclic) bond motifs is 1. The first-order valence-electron chi connectivity index (χ1n) is 11.4. The molecule has 0 unspecified atom stereocenters. The molecule has 2 amide bonds. The molecule has 1 saturated heterocycles. The van der Waals surface area contributed by atoms with Crippen LogP contribution in [0.4, 0.5) is 11.4 Å². The van der Waals surface area contributed by atoms with E-state index in [1.165, 1.54) is 11.3 Å². The molecule has 0 aliphatic carbocycles. The molecule has 2 aromatic carbocycles. The van der Waals surface area contributed by atoms with Crippen molar-refractivity contribution in [2.24, 2.45) is 0 Å². The summed E-state index contributed by atoms with van der Waals surface area (Å²) < 4.78 is 10.7. The van der Waals surface area contributed by atoms with E-state index in [-0.39, 0.29) is 6.04 Å². The van der Waals surface area contributed by atoms with Crippen molar-refractivity contribution in [2.45, 2.75) is 18.9 Å². The fraction of sp³-hybridized carbons (Fsp3) is 0.440. The minimum atomic E-state index is -0.698. The Morgan fingerprint density at radius 2 is 1.91 bits per heavy atom. The zero-order chi connectivity index (χ0) is 23.2. The number of ether oxygens (including phenoxy) is 2. The van der Waals surface area contributed by atoms with Gasteiger partial charge in [-0.3, -0.25) is 14.5 Å². The van der Waals surface area contributed by atoms with Gasteiger partial charge >= 0.3 is 11.8 Å². The number of rotatable bonds is 6. The number of hydrogen-bond acceptors (Lipinski definition) is 6. The van der Waals surface area contributed by atoms with Gasteiger partial charge in [-0.15, -0.1) is 0 Å². The van der Waals surface area contributed by atoms with Crippen LogP contribution in [0.15, 0.2) is 42.5 Å². The van der Waals surface area contributed by atoms with E-state index in [9.17, 15) is 9.59 Å². The van der Waals surface area contributed by atoms with Gasteiger partial charge in [0.15, 0.2) is 0 Å². The number of nitrogens with zero attached hydrogens (tertiary/aromatic N) is 2. The zero-order valence-electron chi connectivity index (χ0n) is 19.3. The smallest absolute Gasteiger partial charge is 0.313 e. The van der Waals surface area contributed by atoms with Crippen LogP contribution in [-0.2, 0) is 20.7 Å². The number of morpholine rings is 1. The molecule has 0 aromatic heterocycles. The number of anilines is 2. The van der Waals surface area contributed by atoms with E-state index in [0.717, 1.165) is 38.0 Å². The summed E-state index contributed by atoms with van der Waals surface area (Å²) in [5.74, 6) is -0.747. The molecule has 33 heavy (non-hydrogen) atoms. The number of hydrogen-bond donors (Lipinski definition) is 2. The molecule has 8 heteroatoms. The van der Waals surface area contributed by atoms with Crippen molar-refractivity contribution >= 4 is 23.2 Å². The Labute approximate surface area is 194 Å². The molecule has 2 aliphatic heterocycles. The first-order chi connectivity index (χ1) is 16.0. The van der Waals surface area contributed by atoms with Gasteiger partial charge in [-0.2, -0.15) is 0 Å². The number of carbonyl (C=O) groups is 2. The van der Waals surface area contributed by atoms with E-state index in [4.69, 9.17) is 9.47 Å². The minimum Gasteiger partial charge on any atom is -0.497 e. The Morgan fingerprint density at radius 1 is 1.09 bits per heavy atom. The predicted octanol–water partition coefficient (Wildman–Crippen LogP) is 2.21. The molecule has 1 atom stereocenters. The maximum atomic E-state index is 12.6. The van der Waals surface area contributed by atoms with Crippen LogP contribution in [-0.4, -0.2) is 70.3 Å². The highest BCUT2D eigenvalue weighted by molar-refractivity contribution is 6.39. The Balaban J connectivity index is 1.45. The number of carbonyl (C=O) groups excluding carboxylic acids is 2. The molecule has 4 rings (SSSR count). The Bertz CT molecular complexity index is 990. The maximum absolute atomic E-state index is 12.6. The van der Waals surface area contributed by atoms with Gasteiger partial charge in [-0.1, -0.05) is 18.2 Å². The summed E-state index contributed by atoms with van der Waals surface area (Å²) in [6, 6.07) is 13.5. The van der Waals surface area contributed by atoms with Gasteiger partial charge in [0.1, 0.15) is 5.75 Å². The molecule has 2 heterocycles. The number of aryl methyl sites for hydroxylation is 1. The second kappa shape index (κ2) is 10.7. The second-order valence-electron chi connectivity index (χ2n) is 8.47. The number of methoxy groups -OCH3 is 1. The van der Waals surface area contributed by atoms with Gasteiger partial charge < -0.3 is 25.0 Å². The van der Waals surface area contributed by atoms with E-state index >= 15 is 0 Å². The van der Waals surface area contributed by atoms with Crippen LogP contribution >= 0.6 is 0 Å². The quantitative estimate of drug-likeness (QED) is 0.654. The molecule has 2 N–H and O–H groups in total. The highest BCUT2D eigenvalue weighted by Gasteiger charge is 2.26. The van der Waals surface area contributed by atoms with Crippen LogP contribution in [0, 0.1) is 0 Å². The van der Waals surface area contributed by atoms with Crippen LogP contribution in [0.25, 0.3) is 0 Å². The summed E-state index contributed by atoms with van der Waals surface area (Å²) in [5.41, 5.74) is 4.27. The molecular weight excluding hydrogens is 420 g/mol. The lowest BCUT2D eigenvalue weighted by Crippen LogP contribution is -2.45. The third-order valence-corrected chi connectivity index (χ3v) is 6.32. The SMILES string of the molecule is COc1cccc(NC(=O)C(=O)NC[C@@H](c2ccc3c(c2)CCCN3C)N2CCOCC2)c1. The van der Waals surface area contributed by atoms with Gasteiger partial charge in [0.2, 0.25) is 0 Å². The minimum absolute atomic E-state index is 0.0278. The molecule has 0 spiro atoms. The molecule has 0 radical (unpaired) electrons. The Hall–Kier alpha value is -3.10. The maximum Gasteiger partial charge on any atom is 0.313 e. The van der Waals surface area contributed by atoms with E-state index in [2.05, 4.69) is 45.7 Å². The lowest BCUT2D eigenvalue weighted by molar-refractivity contribution is -0.136. The van der Waals surface area contributed by atoms with Crippen LogP contribution in [0.2, 0.25) is 0 Å². The highest BCUT2D eigenvalue weighted by atomic mass is 16.5. The fourth-order valence-corrected chi connectivity index (χ4v) is 4.52. The standard InChI is InChI=1S/C25H32N4O4/c1-28-10-4-5-18-15-19(8-9-22(18)28)23(29-11-13-33-14-12-29)17-26-24(30)25(31)27-20-6-3-7-21(16-20)32-2/h3,6-9,15-16,23H,4-5,10-14,17H2,1-2H3,(H,26,30)(H,27,31)/t23-/m0/s1. The summed E-state index contributed by atoms with van der Waals surface area (Å²) in [4.78, 5) is 29.7. The van der Waals surface area contributed by atoms with Crippen molar-refractivity contribution in [1.29, 1.82) is 0 Å². The summed E-state index contributed by atoms with van der Waals surface area (Å²) in [7, 11) is 3.68. The normalized spacial score (nSPS) is 17.1. The van der Waals surface area contributed by atoms with E-state index in [1.54, 1.807) is 31.4 Å². The van der Waals surface area contributed by atoms with E-state index in [1.807, 2.05) is 0 Å². The summed E-state index contributed by atoms with van der Waals surface area (Å²) in [6.45, 7) is 4.31. The van der Waals surface area contributed by atoms with Gasteiger partial charge in [-0.05, 0) is 42.2 Å².